The van der Waals surface area contributed by atoms with Gasteiger partial charge in [0, 0.05) is 17.9 Å². The number of hydrogen-bond acceptors (Lipinski definition) is 5. The first-order valence-corrected chi connectivity index (χ1v) is 8.51. The zero-order valence-electron chi connectivity index (χ0n) is 11.0. The molecule has 5 nitrogen and oxygen atoms in total. The Morgan fingerprint density at radius 3 is 2.60 bits per heavy atom. The Labute approximate surface area is 117 Å². The third-order valence-corrected chi connectivity index (χ3v) is 5.40. The van der Waals surface area contributed by atoms with Gasteiger partial charge in [0.05, 0.1) is 24.7 Å². The van der Waals surface area contributed by atoms with E-state index in [4.69, 9.17) is 9.47 Å². The fraction of sp³-hybridized carbons (Fsp3) is 0.500. The van der Waals surface area contributed by atoms with Gasteiger partial charge in [0.25, 0.3) is 0 Å². The number of hydrogen-bond donors (Lipinski definition) is 0. The monoisotopic (exact) mass is 296 g/mol. The van der Waals surface area contributed by atoms with Gasteiger partial charge in [-0.25, -0.2) is 8.42 Å². The van der Waals surface area contributed by atoms with E-state index in [1.165, 1.54) is 0 Å². The molecule has 6 heteroatoms. The fourth-order valence-corrected chi connectivity index (χ4v) is 4.30. The minimum atomic E-state index is -3.05. The average molecular weight is 296 g/mol. The van der Waals surface area contributed by atoms with Crippen LogP contribution in [-0.4, -0.2) is 38.9 Å². The van der Waals surface area contributed by atoms with Crippen LogP contribution >= 0.6 is 0 Å². The number of ether oxygens (including phenoxy) is 2. The van der Waals surface area contributed by atoms with Crippen molar-refractivity contribution in [2.75, 3.05) is 24.7 Å². The molecule has 0 N–H and O–H groups in total. The second-order valence-corrected chi connectivity index (χ2v) is 7.40. The molecule has 1 aromatic carbocycles. The smallest absolute Gasteiger partial charge is 0.167 e. The lowest BCUT2D eigenvalue weighted by atomic mass is 9.97. The molecular formula is C14H16O5S. The molecule has 2 aliphatic rings. The van der Waals surface area contributed by atoms with Crippen molar-refractivity contribution in [2.24, 2.45) is 5.92 Å². The SMILES string of the molecule is O=C(c1ccc2c(c1)OCCCO2)C1CCS(=O)(=O)C1. The first kappa shape index (κ1) is 13.4. The summed E-state index contributed by atoms with van der Waals surface area (Å²) in [4.78, 5) is 12.3. The normalized spacial score (nSPS) is 24.1. The highest BCUT2D eigenvalue weighted by Crippen LogP contribution is 2.32. The minimum absolute atomic E-state index is 0.0414. The number of carbonyl (C=O) groups is 1. The maximum atomic E-state index is 12.3. The van der Waals surface area contributed by atoms with Crippen LogP contribution in [0.3, 0.4) is 0 Å². The molecule has 0 amide bonds. The van der Waals surface area contributed by atoms with Crippen LogP contribution in [0.5, 0.6) is 11.5 Å². The van der Waals surface area contributed by atoms with E-state index in [-0.39, 0.29) is 17.3 Å². The zero-order chi connectivity index (χ0) is 14.2. The second-order valence-electron chi connectivity index (χ2n) is 5.18. The molecule has 108 valence electrons. The average Bonchev–Trinajstić information content (AvgIpc) is 2.65. The van der Waals surface area contributed by atoms with Gasteiger partial charge in [-0.15, -0.1) is 0 Å². The summed E-state index contributed by atoms with van der Waals surface area (Å²) in [6, 6.07) is 5.06. The van der Waals surface area contributed by atoms with Crippen LogP contribution in [0, 0.1) is 5.92 Å². The molecule has 1 fully saturated rings. The lowest BCUT2D eigenvalue weighted by molar-refractivity contribution is 0.0933. The predicted octanol–water partition coefficient (Wildman–Crippen LogP) is 1.47. The zero-order valence-corrected chi connectivity index (χ0v) is 11.8. The lowest BCUT2D eigenvalue weighted by Crippen LogP contribution is -2.16. The van der Waals surface area contributed by atoms with Crippen molar-refractivity contribution in [3.8, 4) is 11.5 Å². The molecule has 0 spiro atoms. The van der Waals surface area contributed by atoms with Gasteiger partial charge in [-0.3, -0.25) is 4.79 Å². The molecule has 0 saturated carbocycles. The van der Waals surface area contributed by atoms with E-state index in [0.717, 1.165) is 6.42 Å². The number of carbonyl (C=O) groups excluding carboxylic acids is 1. The summed E-state index contributed by atoms with van der Waals surface area (Å²) in [5.74, 6) is 0.715. The highest BCUT2D eigenvalue weighted by molar-refractivity contribution is 7.91. The van der Waals surface area contributed by atoms with Gasteiger partial charge in [-0.05, 0) is 24.6 Å². The van der Waals surface area contributed by atoms with Crippen LogP contribution in [0.1, 0.15) is 23.2 Å². The molecule has 1 atom stereocenters. The maximum absolute atomic E-state index is 12.3. The summed E-state index contributed by atoms with van der Waals surface area (Å²) in [7, 11) is -3.05. The number of sulfone groups is 1. The molecule has 1 aromatic rings. The van der Waals surface area contributed by atoms with E-state index in [9.17, 15) is 13.2 Å². The highest BCUT2D eigenvalue weighted by atomic mass is 32.2. The highest BCUT2D eigenvalue weighted by Gasteiger charge is 2.33. The van der Waals surface area contributed by atoms with Crippen LogP contribution in [0.25, 0.3) is 0 Å². The molecule has 3 rings (SSSR count). The number of fused-ring (bicyclic) bond motifs is 1. The van der Waals surface area contributed by atoms with E-state index in [1.807, 2.05) is 0 Å². The van der Waals surface area contributed by atoms with Crippen molar-refractivity contribution in [3.63, 3.8) is 0 Å². The standard InChI is InChI=1S/C14H16O5S/c15-14(11-4-7-20(16,17)9-11)10-2-3-12-13(8-10)19-6-1-5-18-12/h2-3,8,11H,1,4-7,9H2. The molecule has 0 bridgehead atoms. The van der Waals surface area contributed by atoms with Gasteiger partial charge < -0.3 is 9.47 Å². The van der Waals surface area contributed by atoms with E-state index in [0.29, 0.717) is 36.7 Å². The molecule has 1 unspecified atom stereocenters. The number of rotatable bonds is 2. The van der Waals surface area contributed by atoms with Crippen LogP contribution in [0.2, 0.25) is 0 Å². The molecule has 0 aromatic heterocycles. The summed E-state index contributed by atoms with van der Waals surface area (Å²) in [5, 5.41) is 0. The Hall–Kier alpha value is -1.56. The van der Waals surface area contributed by atoms with E-state index in [2.05, 4.69) is 0 Å². The van der Waals surface area contributed by atoms with Gasteiger partial charge in [0.2, 0.25) is 0 Å². The topological polar surface area (TPSA) is 69.7 Å². The Bertz CT molecular complexity index is 635. The van der Waals surface area contributed by atoms with Gasteiger partial charge in [-0.2, -0.15) is 0 Å². The van der Waals surface area contributed by atoms with Crippen molar-refractivity contribution >= 4 is 15.6 Å². The first-order chi connectivity index (χ1) is 9.55. The Morgan fingerprint density at radius 1 is 1.15 bits per heavy atom. The van der Waals surface area contributed by atoms with Crippen molar-refractivity contribution in [3.05, 3.63) is 23.8 Å². The van der Waals surface area contributed by atoms with Gasteiger partial charge in [0.1, 0.15) is 0 Å². The molecular weight excluding hydrogens is 280 g/mol. The van der Waals surface area contributed by atoms with Crippen molar-refractivity contribution in [1.29, 1.82) is 0 Å². The van der Waals surface area contributed by atoms with E-state index in [1.54, 1.807) is 18.2 Å². The summed E-state index contributed by atoms with van der Waals surface area (Å²) < 4.78 is 34.0. The van der Waals surface area contributed by atoms with Crippen LogP contribution in [0.4, 0.5) is 0 Å². The van der Waals surface area contributed by atoms with Gasteiger partial charge in [0.15, 0.2) is 27.1 Å². The third-order valence-electron chi connectivity index (χ3n) is 3.64. The summed E-state index contributed by atoms with van der Waals surface area (Å²) in [6.45, 7) is 1.16. The van der Waals surface area contributed by atoms with Crippen molar-refractivity contribution < 1.29 is 22.7 Å². The number of ketones is 1. The largest absolute Gasteiger partial charge is 0.490 e. The van der Waals surface area contributed by atoms with E-state index >= 15 is 0 Å². The van der Waals surface area contributed by atoms with Crippen LogP contribution in [-0.2, 0) is 9.84 Å². The fourth-order valence-electron chi connectivity index (χ4n) is 2.55. The quantitative estimate of drug-likeness (QED) is 0.773. The molecule has 0 radical (unpaired) electrons. The van der Waals surface area contributed by atoms with Crippen molar-refractivity contribution in [1.82, 2.24) is 0 Å². The van der Waals surface area contributed by atoms with E-state index < -0.39 is 15.8 Å². The van der Waals surface area contributed by atoms with Crippen molar-refractivity contribution in [2.45, 2.75) is 12.8 Å². The molecule has 2 heterocycles. The first-order valence-electron chi connectivity index (χ1n) is 6.69. The van der Waals surface area contributed by atoms with Gasteiger partial charge >= 0.3 is 0 Å². The third kappa shape index (κ3) is 2.65. The Balaban J connectivity index is 1.84. The summed E-state index contributed by atoms with van der Waals surface area (Å²) >= 11 is 0. The Kier molecular flexibility index (Phi) is 3.41. The summed E-state index contributed by atoms with van der Waals surface area (Å²) in [6.07, 6.45) is 1.22. The second kappa shape index (κ2) is 5.09. The minimum Gasteiger partial charge on any atom is -0.490 e. The number of benzene rings is 1. The molecule has 20 heavy (non-hydrogen) atoms. The number of Topliss-reactive ketones (excluding diaryl/α,β-unsaturated/α-hetero) is 1. The maximum Gasteiger partial charge on any atom is 0.167 e. The lowest BCUT2D eigenvalue weighted by Gasteiger charge is -2.11. The predicted molar refractivity (Wildman–Crippen MR) is 73.1 cm³/mol. The molecule has 1 saturated heterocycles. The molecule has 2 aliphatic heterocycles. The van der Waals surface area contributed by atoms with Gasteiger partial charge in [-0.1, -0.05) is 0 Å². The summed E-state index contributed by atoms with van der Waals surface area (Å²) in [5.41, 5.74) is 0.497. The van der Waals surface area contributed by atoms with Crippen LogP contribution < -0.4 is 9.47 Å². The molecule has 0 aliphatic carbocycles. The Morgan fingerprint density at radius 2 is 1.90 bits per heavy atom. The van der Waals surface area contributed by atoms with Crippen LogP contribution in [0.15, 0.2) is 18.2 Å².